The first-order chi connectivity index (χ1) is 8.51. The Morgan fingerprint density at radius 3 is 2.50 bits per heavy atom. The Kier molecular flexibility index (Phi) is 5.71. The van der Waals surface area contributed by atoms with Crippen LogP contribution in [0.3, 0.4) is 0 Å². The molecule has 0 radical (unpaired) electrons. The van der Waals surface area contributed by atoms with E-state index in [1.54, 1.807) is 0 Å². The van der Waals surface area contributed by atoms with Crippen molar-refractivity contribution in [3.63, 3.8) is 0 Å². The molecule has 0 fully saturated rings. The minimum atomic E-state index is -1.67. The van der Waals surface area contributed by atoms with Crippen LogP contribution < -0.4 is 4.74 Å². The molecular formula is C12H19N3O2Si. The standard InChI is InChI=1S/C12H19N3O2Si/c1-18(2,3)17-12(9-14-15-13)10-16-11-7-5-4-6-8-11/h4-8,12H,9-10H2,1-3H3. The van der Waals surface area contributed by atoms with Gasteiger partial charge in [0.1, 0.15) is 12.4 Å². The molecule has 18 heavy (non-hydrogen) atoms. The highest BCUT2D eigenvalue weighted by Crippen LogP contribution is 2.12. The summed E-state index contributed by atoms with van der Waals surface area (Å²) in [7, 11) is -1.67. The Labute approximate surface area is 108 Å². The van der Waals surface area contributed by atoms with E-state index in [0.717, 1.165) is 5.75 Å². The van der Waals surface area contributed by atoms with Gasteiger partial charge in [0.2, 0.25) is 0 Å². The zero-order valence-electron chi connectivity index (χ0n) is 11.0. The van der Waals surface area contributed by atoms with Gasteiger partial charge in [0.15, 0.2) is 8.32 Å². The first-order valence-electron chi connectivity index (χ1n) is 5.88. The molecule has 0 saturated carbocycles. The highest BCUT2D eigenvalue weighted by Gasteiger charge is 2.21. The number of rotatable bonds is 7. The highest BCUT2D eigenvalue weighted by molar-refractivity contribution is 6.69. The van der Waals surface area contributed by atoms with Crippen molar-refractivity contribution in [1.82, 2.24) is 0 Å². The second-order valence-corrected chi connectivity index (χ2v) is 9.35. The van der Waals surface area contributed by atoms with Gasteiger partial charge in [-0.05, 0) is 37.3 Å². The van der Waals surface area contributed by atoms with Crippen molar-refractivity contribution in [2.24, 2.45) is 5.11 Å². The average molecular weight is 265 g/mol. The molecule has 1 aromatic rings. The molecule has 0 saturated heterocycles. The summed E-state index contributed by atoms with van der Waals surface area (Å²) < 4.78 is 11.5. The molecule has 6 heteroatoms. The summed E-state index contributed by atoms with van der Waals surface area (Å²) in [4.78, 5) is 2.77. The number of hydrogen-bond donors (Lipinski definition) is 0. The molecule has 0 aliphatic rings. The lowest BCUT2D eigenvalue weighted by molar-refractivity contribution is 0.129. The summed E-state index contributed by atoms with van der Waals surface area (Å²) >= 11 is 0. The minimum absolute atomic E-state index is 0.187. The maximum Gasteiger partial charge on any atom is 0.184 e. The summed E-state index contributed by atoms with van der Waals surface area (Å²) in [5, 5.41) is 3.57. The molecule has 1 unspecified atom stereocenters. The maximum atomic E-state index is 8.37. The van der Waals surface area contributed by atoms with Crippen molar-refractivity contribution in [3.05, 3.63) is 40.8 Å². The van der Waals surface area contributed by atoms with E-state index in [-0.39, 0.29) is 6.10 Å². The summed E-state index contributed by atoms with van der Waals surface area (Å²) in [6, 6.07) is 9.54. The molecule has 1 rings (SSSR count). The topological polar surface area (TPSA) is 67.2 Å². The third-order valence-electron chi connectivity index (χ3n) is 2.05. The smallest absolute Gasteiger partial charge is 0.184 e. The molecule has 0 aliphatic heterocycles. The highest BCUT2D eigenvalue weighted by atomic mass is 28.4. The van der Waals surface area contributed by atoms with Gasteiger partial charge in [-0.15, -0.1) is 0 Å². The molecule has 0 heterocycles. The summed E-state index contributed by atoms with van der Waals surface area (Å²) in [5.74, 6) is 0.794. The van der Waals surface area contributed by atoms with Gasteiger partial charge in [0, 0.05) is 4.91 Å². The Hall–Kier alpha value is -1.49. The molecule has 0 amide bonds. The fourth-order valence-electron chi connectivity index (χ4n) is 1.46. The molecule has 0 aromatic heterocycles. The molecule has 0 N–H and O–H groups in total. The van der Waals surface area contributed by atoms with Crippen molar-refractivity contribution < 1.29 is 9.16 Å². The molecule has 1 aromatic carbocycles. The SMILES string of the molecule is C[Si](C)(C)OC(CN=[N+]=[N-])COc1ccccc1. The fourth-order valence-corrected chi connectivity index (χ4v) is 2.60. The van der Waals surface area contributed by atoms with E-state index in [9.17, 15) is 0 Å². The van der Waals surface area contributed by atoms with Gasteiger partial charge in [-0.25, -0.2) is 0 Å². The molecule has 0 aliphatic carbocycles. The van der Waals surface area contributed by atoms with Gasteiger partial charge >= 0.3 is 0 Å². The van der Waals surface area contributed by atoms with Crippen molar-refractivity contribution >= 4 is 8.32 Å². The molecule has 0 spiro atoms. The first-order valence-corrected chi connectivity index (χ1v) is 9.28. The van der Waals surface area contributed by atoms with Crippen LogP contribution in [-0.2, 0) is 4.43 Å². The van der Waals surface area contributed by atoms with Gasteiger partial charge in [-0.3, -0.25) is 0 Å². The lowest BCUT2D eigenvalue weighted by atomic mass is 10.3. The maximum absolute atomic E-state index is 8.37. The molecule has 5 nitrogen and oxygen atoms in total. The number of azide groups is 1. The summed E-state index contributed by atoms with van der Waals surface area (Å²) in [6.45, 7) is 6.98. The van der Waals surface area contributed by atoms with Crippen LogP contribution in [0, 0.1) is 0 Å². The normalized spacial score (nSPS) is 12.6. The van der Waals surface area contributed by atoms with E-state index in [1.807, 2.05) is 30.3 Å². The van der Waals surface area contributed by atoms with Gasteiger partial charge in [-0.2, -0.15) is 0 Å². The second kappa shape index (κ2) is 7.06. The number of ether oxygens (including phenoxy) is 1. The van der Waals surface area contributed by atoms with Crippen LogP contribution in [0.2, 0.25) is 19.6 Å². The number of benzene rings is 1. The van der Waals surface area contributed by atoms with Gasteiger partial charge in [-0.1, -0.05) is 23.3 Å². The van der Waals surface area contributed by atoms with E-state index in [2.05, 4.69) is 29.7 Å². The largest absolute Gasteiger partial charge is 0.491 e. The van der Waals surface area contributed by atoms with Crippen LogP contribution in [0.1, 0.15) is 0 Å². The van der Waals surface area contributed by atoms with Crippen molar-refractivity contribution in [2.45, 2.75) is 25.7 Å². The number of hydrogen-bond acceptors (Lipinski definition) is 3. The first kappa shape index (κ1) is 14.6. The van der Waals surface area contributed by atoms with Gasteiger partial charge in [0.25, 0.3) is 0 Å². The predicted octanol–water partition coefficient (Wildman–Crippen LogP) is 3.60. The second-order valence-electron chi connectivity index (χ2n) is 4.89. The third kappa shape index (κ3) is 6.29. The Balaban J connectivity index is 2.53. The molecular weight excluding hydrogens is 246 g/mol. The number of para-hydroxylation sites is 1. The van der Waals surface area contributed by atoms with Crippen LogP contribution in [0.4, 0.5) is 0 Å². The van der Waals surface area contributed by atoms with Crippen LogP contribution in [-0.4, -0.2) is 27.6 Å². The predicted molar refractivity (Wildman–Crippen MR) is 74.2 cm³/mol. The fraction of sp³-hybridized carbons (Fsp3) is 0.500. The van der Waals surface area contributed by atoms with Crippen LogP contribution in [0.25, 0.3) is 10.4 Å². The van der Waals surface area contributed by atoms with Crippen molar-refractivity contribution in [3.8, 4) is 5.75 Å². The summed E-state index contributed by atoms with van der Waals surface area (Å²) in [5.41, 5.74) is 8.37. The summed E-state index contributed by atoms with van der Waals surface area (Å²) in [6.07, 6.45) is -0.187. The van der Waals surface area contributed by atoms with E-state index < -0.39 is 8.32 Å². The van der Waals surface area contributed by atoms with E-state index in [4.69, 9.17) is 14.7 Å². The average Bonchev–Trinajstić information content (AvgIpc) is 2.32. The Morgan fingerprint density at radius 2 is 1.94 bits per heavy atom. The van der Waals surface area contributed by atoms with Crippen LogP contribution in [0.15, 0.2) is 35.4 Å². The molecule has 98 valence electrons. The van der Waals surface area contributed by atoms with E-state index in [0.29, 0.717) is 13.2 Å². The van der Waals surface area contributed by atoms with Gasteiger partial charge < -0.3 is 9.16 Å². The third-order valence-corrected chi connectivity index (χ3v) is 3.09. The minimum Gasteiger partial charge on any atom is -0.491 e. The zero-order chi connectivity index (χ0) is 13.4. The Morgan fingerprint density at radius 1 is 1.28 bits per heavy atom. The Bertz CT molecular complexity index is 400. The van der Waals surface area contributed by atoms with Gasteiger partial charge in [0.05, 0.1) is 12.6 Å². The lowest BCUT2D eigenvalue weighted by Crippen LogP contribution is -2.37. The molecule has 0 bridgehead atoms. The van der Waals surface area contributed by atoms with E-state index >= 15 is 0 Å². The van der Waals surface area contributed by atoms with Crippen molar-refractivity contribution in [2.75, 3.05) is 13.2 Å². The van der Waals surface area contributed by atoms with Crippen LogP contribution in [0.5, 0.6) is 5.75 Å². The quantitative estimate of drug-likeness (QED) is 0.327. The zero-order valence-corrected chi connectivity index (χ0v) is 12.0. The van der Waals surface area contributed by atoms with Crippen LogP contribution >= 0.6 is 0 Å². The van der Waals surface area contributed by atoms with E-state index in [1.165, 1.54) is 0 Å². The molecule has 1 atom stereocenters. The van der Waals surface area contributed by atoms with Crippen molar-refractivity contribution in [1.29, 1.82) is 0 Å². The monoisotopic (exact) mass is 265 g/mol. The number of nitrogens with zero attached hydrogens (tertiary/aromatic N) is 3. The lowest BCUT2D eigenvalue weighted by Gasteiger charge is -2.25.